The smallest absolute Gasteiger partial charge is 0.288 e. The van der Waals surface area contributed by atoms with E-state index in [0.717, 1.165) is 12.8 Å². The van der Waals surface area contributed by atoms with Crippen molar-refractivity contribution in [3.8, 4) is 0 Å². The van der Waals surface area contributed by atoms with Crippen molar-refractivity contribution >= 4 is 29.3 Å². The molecule has 1 aromatic carbocycles. The van der Waals surface area contributed by atoms with Gasteiger partial charge in [0.05, 0.1) is 4.92 Å². The third kappa shape index (κ3) is 3.30. The second-order valence-electron chi connectivity index (χ2n) is 4.08. The molecule has 2 rings (SSSR count). The summed E-state index contributed by atoms with van der Waals surface area (Å²) in [5, 5.41) is 13.6. The van der Waals surface area contributed by atoms with Crippen LogP contribution in [0.15, 0.2) is 24.3 Å². The molecule has 0 bridgehead atoms. The van der Waals surface area contributed by atoms with Crippen LogP contribution in [0.1, 0.15) is 18.4 Å². The summed E-state index contributed by atoms with van der Waals surface area (Å²) >= 11 is 5.69. The number of halogens is 1. The molecule has 6 heteroatoms. The average Bonchev–Trinajstić information content (AvgIpc) is 3.11. The Bertz CT molecular complexity index is 524. The Morgan fingerprint density at radius 2 is 2.22 bits per heavy atom. The Hall–Kier alpha value is -1.88. The molecule has 1 aliphatic rings. The number of nitrogens with one attached hydrogen (secondary N) is 1. The molecule has 1 N–H and O–H groups in total. The third-order valence-electron chi connectivity index (χ3n) is 2.52. The standard InChI is InChI=1S/C12H11ClN2O3/c13-10-5-1-8(7-11(10)15(17)18)2-6-12(16)14-9-3-4-9/h1-2,5-7,9H,3-4H2,(H,14,16). The predicted molar refractivity (Wildman–Crippen MR) is 68.3 cm³/mol. The van der Waals surface area contributed by atoms with Crippen LogP contribution >= 0.6 is 11.6 Å². The minimum Gasteiger partial charge on any atom is -0.350 e. The molecule has 0 saturated heterocycles. The van der Waals surface area contributed by atoms with E-state index in [2.05, 4.69) is 5.32 Å². The van der Waals surface area contributed by atoms with Gasteiger partial charge in [-0.1, -0.05) is 17.7 Å². The number of amides is 1. The molecule has 0 aromatic heterocycles. The number of nitro groups is 1. The van der Waals surface area contributed by atoms with Crippen LogP contribution < -0.4 is 5.32 Å². The highest BCUT2D eigenvalue weighted by Gasteiger charge is 2.22. The normalized spacial score (nSPS) is 14.7. The van der Waals surface area contributed by atoms with E-state index in [0.29, 0.717) is 11.6 Å². The van der Waals surface area contributed by atoms with Crippen LogP contribution in [0.25, 0.3) is 6.08 Å². The fraction of sp³-hybridized carbons (Fsp3) is 0.250. The van der Waals surface area contributed by atoms with Crippen LogP contribution in [0.2, 0.25) is 5.02 Å². The monoisotopic (exact) mass is 266 g/mol. The molecule has 1 aliphatic carbocycles. The summed E-state index contributed by atoms with van der Waals surface area (Å²) in [6.07, 6.45) is 4.93. The molecule has 0 unspecified atom stereocenters. The molecule has 0 radical (unpaired) electrons. The fourth-order valence-corrected chi connectivity index (χ4v) is 1.61. The van der Waals surface area contributed by atoms with Crippen molar-refractivity contribution < 1.29 is 9.72 Å². The van der Waals surface area contributed by atoms with Crippen molar-refractivity contribution in [2.75, 3.05) is 0 Å². The molecule has 1 saturated carbocycles. The summed E-state index contributed by atoms with van der Waals surface area (Å²) in [5.74, 6) is -0.185. The summed E-state index contributed by atoms with van der Waals surface area (Å²) in [7, 11) is 0. The van der Waals surface area contributed by atoms with Crippen molar-refractivity contribution in [3.05, 3.63) is 45.0 Å². The van der Waals surface area contributed by atoms with E-state index in [9.17, 15) is 14.9 Å². The number of nitro benzene ring substituents is 1. The SMILES string of the molecule is O=C(C=Cc1ccc(Cl)c([N+](=O)[O-])c1)NC1CC1. The lowest BCUT2D eigenvalue weighted by atomic mass is 10.2. The first kappa shape index (κ1) is 12.6. The minimum absolute atomic E-state index is 0.0829. The lowest BCUT2D eigenvalue weighted by Gasteiger charge is -1.98. The molecule has 0 heterocycles. The van der Waals surface area contributed by atoms with Crippen molar-refractivity contribution in [1.29, 1.82) is 0 Å². The Labute approximate surface area is 109 Å². The van der Waals surface area contributed by atoms with Crippen LogP contribution in [0.5, 0.6) is 0 Å². The molecule has 0 spiro atoms. The van der Waals surface area contributed by atoms with Gasteiger partial charge >= 0.3 is 0 Å². The van der Waals surface area contributed by atoms with E-state index >= 15 is 0 Å². The van der Waals surface area contributed by atoms with Gasteiger partial charge in [0.2, 0.25) is 5.91 Å². The molecule has 5 nitrogen and oxygen atoms in total. The lowest BCUT2D eigenvalue weighted by molar-refractivity contribution is -0.384. The van der Waals surface area contributed by atoms with Gasteiger partial charge in [0, 0.05) is 18.2 Å². The quantitative estimate of drug-likeness (QED) is 0.517. The van der Waals surface area contributed by atoms with E-state index < -0.39 is 4.92 Å². The minimum atomic E-state index is -0.552. The van der Waals surface area contributed by atoms with Gasteiger partial charge in [-0.15, -0.1) is 0 Å². The Morgan fingerprint density at radius 3 is 2.83 bits per heavy atom. The van der Waals surface area contributed by atoms with Gasteiger partial charge in [0.15, 0.2) is 0 Å². The number of nitrogens with zero attached hydrogens (tertiary/aromatic N) is 1. The average molecular weight is 267 g/mol. The maximum Gasteiger partial charge on any atom is 0.288 e. The highest BCUT2D eigenvalue weighted by Crippen LogP contribution is 2.25. The van der Waals surface area contributed by atoms with Gasteiger partial charge in [-0.2, -0.15) is 0 Å². The van der Waals surface area contributed by atoms with Gasteiger partial charge in [-0.05, 0) is 30.5 Å². The van der Waals surface area contributed by atoms with Crippen molar-refractivity contribution in [2.45, 2.75) is 18.9 Å². The second-order valence-corrected chi connectivity index (χ2v) is 4.49. The van der Waals surface area contributed by atoms with Gasteiger partial charge in [-0.25, -0.2) is 0 Å². The number of hydrogen-bond donors (Lipinski definition) is 1. The molecule has 94 valence electrons. The Morgan fingerprint density at radius 1 is 1.50 bits per heavy atom. The predicted octanol–water partition coefficient (Wildman–Crippen LogP) is 2.54. The van der Waals surface area contributed by atoms with Gasteiger partial charge in [0.25, 0.3) is 5.69 Å². The maximum absolute atomic E-state index is 11.4. The highest BCUT2D eigenvalue weighted by molar-refractivity contribution is 6.32. The van der Waals surface area contributed by atoms with E-state index in [-0.39, 0.29) is 16.6 Å². The number of rotatable bonds is 4. The number of benzene rings is 1. The molecule has 18 heavy (non-hydrogen) atoms. The number of carbonyl (C=O) groups excluding carboxylic acids is 1. The topological polar surface area (TPSA) is 72.2 Å². The highest BCUT2D eigenvalue weighted by atomic mass is 35.5. The van der Waals surface area contributed by atoms with Gasteiger partial charge < -0.3 is 5.32 Å². The molecule has 0 aliphatic heterocycles. The first-order valence-corrected chi connectivity index (χ1v) is 5.86. The largest absolute Gasteiger partial charge is 0.350 e. The molecule has 1 amide bonds. The van der Waals surface area contributed by atoms with Crippen LogP contribution in [0.3, 0.4) is 0 Å². The van der Waals surface area contributed by atoms with Crippen LogP contribution in [-0.4, -0.2) is 16.9 Å². The molecule has 1 aromatic rings. The summed E-state index contributed by atoms with van der Waals surface area (Å²) in [6.45, 7) is 0. The van der Waals surface area contributed by atoms with E-state index in [1.165, 1.54) is 24.3 Å². The Kier molecular flexibility index (Phi) is 3.62. The van der Waals surface area contributed by atoms with Crippen LogP contribution in [0.4, 0.5) is 5.69 Å². The summed E-state index contributed by atoms with van der Waals surface area (Å²) in [4.78, 5) is 21.5. The molecule has 1 fully saturated rings. The lowest BCUT2D eigenvalue weighted by Crippen LogP contribution is -2.22. The van der Waals surface area contributed by atoms with Gasteiger partial charge in [0.1, 0.15) is 5.02 Å². The molecule has 0 atom stereocenters. The Balaban J connectivity index is 2.08. The zero-order valence-corrected chi connectivity index (χ0v) is 10.2. The summed E-state index contributed by atoms with van der Waals surface area (Å²) in [5.41, 5.74) is 0.401. The van der Waals surface area contributed by atoms with E-state index in [1.807, 2.05) is 0 Å². The van der Waals surface area contributed by atoms with Crippen molar-refractivity contribution in [3.63, 3.8) is 0 Å². The van der Waals surface area contributed by atoms with Crippen LogP contribution in [-0.2, 0) is 4.79 Å². The molecular weight excluding hydrogens is 256 g/mol. The summed E-state index contributed by atoms with van der Waals surface area (Å²) < 4.78 is 0. The summed E-state index contributed by atoms with van der Waals surface area (Å²) in [6, 6.07) is 4.69. The number of hydrogen-bond acceptors (Lipinski definition) is 3. The fourth-order valence-electron chi connectivity index (χ4n) is 1.42. The molecular formula is C12H11ClN2O3. The van der Waals surface area contributed by atoms with E-state index in [4.69, 9.17) is 11.6 Å². The van der Waals surface area contributed by atoms with E-state index in [1.54, 1.807) is 6.07 Å². The maximum atomic E-state index is 11.4. The first-order valence-electron chi connectivity index (χ1n) is 5.49. The number of carbonyl (C=O) groups is 1. The zero-order valence-electron chi connectivity index (χ0n) is 9.43. The first-order chi connectivity index (χ1) is 8.56. The second kappa shape index (κ2) is 5.18. The van der Waals surface area contributed by atoms with Crippen molar-refractivity contribution in [2.24, 2.45) is 0 Å². The third-order valence-corrected chi connectivity index (χ3v) is 2.84. The van der Waals surface area contributed by atoms with Gasteiger partial charge in [-0.3, -0.25) is 14.9 Å². The van der Waals surface area contributed by atoms with Crippen molar-refractivity contribution in [1.82, 2.24) is 5.32 Å². The zero-order chi connectivity index (χ0) is 13.1. The van der Waals surface area contributed by atoms with Crippen LogP contribution in [0, 0.1) is 10.1 Å².